The number of hydrogen-bond acceptors (Lipinski definition) is 3. The van der Waals surface area contributed by atoms with Crippen molar-refractivity contribution >= 4 is 5.97 Å². The monoisotopic (exact) mass is 199 g/mol. The van der Waals surface area contributed by atoms with E-state index in [0.717, 1.165) is 6.54 Å². The molecule has 0 spiro atoms. The highest BCUT2D eigenvalue weighted by Gasteiger charge is 2.20. The molecule has 1 atom stereocenters. The van der Waals surface area contributed by atoms with Crippen molar-refractivity contribution in [2.75, 3.05) is 6.54 Å². The van der Waals surface area contributed by atoms with Crippen LogP contribution in [0.25, 0.3) is 0 Å². The Kier molecular flexibility index (Phi) is 4.39. The van der Waals surface area contributed by atoms with E-state index in [9.17, 15) is 4.79 Å². The van der Waals surface area contributed by atoms with Crippen LogP contribution in [0.5, 0.6) is 0 Å². The molecule has 82 valence electrons. The predicted octanol–water partition coefficient (Wildman–Crippen LogP) is 1.72. The van der Waals surface area contributed by atoms with Gasteiger partial charge in [-0.25, -0.2) is 0 Å². The van der Waals surface area contributed by atoms with Gasteiger partial charge in [0, 0.05) is 12.6 Å². The van der Waals surface area contributed by atoms with E-state index < -0.39 is 0 Å². The summed E-state index contributed by atoms with van der Waals surface area (Å²) in [6.45, 7) is 6.81. The van der Waals surface area contributed by atoms with Crippen LogP contribution in [0.15, 0.2) is 0 Å². The molecule has 14 heavy (non-hydrogen) atoms. The minimum absolute atomic E-state index is 0.0309. The zero-order chi connectivity index (χ0) is 10.6. The molecule has 0 aromatic rings. The van der Waals surface area contributed by atoms with Crippen LogP contribution in [0.2, 0.25) is 0 Å². The summed E-state index contributed by atoms with van der Waals surface area (Å²) in [6.07, 6.45) is 3.05. The third-order valence-electron chi connectivity index (χ3n) is 2.60. The Hall–Kier alpha value is -0.570. The Morgan fingerprint density at radius 2 is 2.07 bits per heavy atom. The number of rotatable bonds is 6. The van der Waals surface area contributed by atoms with Gasteiger partial charge >= 0.3 is 5.97 Å². The molecule has 0 bridgehead atoms. The fourth-order valence-corrected chi connectivity index (χ4v) is 1.07. The van der Waals surface area contributed by atoms with Crippen LogP contribution in [0.3, 0.4) is 0 Å². The van der Waals surface area contributed by atoms with Gasteiger partial charge < -0.3 is 10.1 Å². The van der Waals surface area contributed by atoms with E-state index in [4.69, 9.17) is 4.74 Å². The maximum atomic E-state index is 11.3. The van der Waals surface area contributed by atoms with Gasteiger partial charge in [-0.05, 0) is 25.7 Å². The molecule has 1 saturated carbocycles. The highest BCUT2D eigenvalue weighted by atomic mass is 16.5. The molecule has 3 heteroatoms. The molecule has 1 N–H and O–H groups in total. The summed E-state index contributed by atoms with van der Waals surface area (Å²) in [5.41, 5.74) is 0. The lowest BCUT2D eigenvalue weighted by Gasteiger charge is -2.16. The van der Waals surface area contributed by atoms with E-state index in [1.165, 1.54) is 12.8 Å². The van der Waals surface area contributed by atoms with Crippen LogP contribution in [0, 0.1) is 5.92 Å². The third-order valence-corrected chi connectivity index (χ3v) is 2.60. The van der Waals surface area contributed by atoms with E-state index in [1.54, 1.807) is 0 Å². The number of carbonyl (C=O) groups excluding carboxylic acids is 1. The molecule has 0 aromatic heterocycles. The fourth-order valence-electron chi connectivity index (χ4n) is 1.07. The highest BCUT2D eigenvalue weighted by molar-refractivity contribution is 5.69. The molecule has 0 heterocycles. The molecule has 0 aromatic carbocycles. The number of hydrogen-bond donors (Lipinski definition) is 1. The number of nitrogens with one attached hydrogen (secondary N) is 1. The number of carbonyl (C=O) groups is 1. The van der Waals surface area contributed by atoms with Crippen LogP contribution in [0.4, 0.5) is 0 Å². The first kappa shape index (κ1) is 11.5. The van der Waals surface area contributed by atoms with Gasteiger partial charge in [0.15, 0.2) is 0 Å². The Morgan fingerprint density at radius 3 is 2.57 bits per heavy atom. The van der Waals surface area contributed by atoms with Crippen molar-refractivity contribution in [3.05, 3.63) is 0 Å². The van der Waals surface area contributed by atoms with Crippen molar-refractivity contribution in [3.63, 3.8) is 0 Å². The molecule has 1 rings (SSSR count). The van der Waals surface area contributed by atoms with E-state index in [1.807, 2.05) is 6.92 Å². The summed E-state index contributed by atoms with van der Waals surface area (Å²) in [5, 5.41) is 3.29. The molecule has 1 unspecified atom stereocenters. The SMILES string of the molecule is CC(C)C(C)OC(=O)CCNC1CC1. The maximum Gasteiger partial charge on any atom is 0.307 e. The molecular formula is C11H21NO2. The molecule has 1 aliphatic carbocycles. The van der Waals surface area contributed by atoms with Crippen molar-refractivity contribution in [1.82, 2.24) is 5.32 Å². The standard InChI is InChI=1S/C11H21NO2/c1-8(2)9(3)14-11(13)6-7-12-10-4-5-10/h8-10,12H,4-7H2,1-3H3. The summed E-state index contributed by atoms with van der Waals surface area (Å²) in [6, 6.07) is 0.672. The van der Waals surface area contributed by atoms with Gasteiger partial charge in [-0.3, -0.25) is 4.79 Å². The van der Waals surface area contributed by atoms with Crippen molar-refractivity contribution in [2.45, 2.75) is 52.2 Å². The van der Waals surface area contributed by atoms with Crippen LogP contribution in [0.1, 0.15) is 40.0 Å². The lowest BCUT2D eigenvalue weighted by molar-refractivity contribution is -0.150. The third kappa shape index (κ3) is 4.61. The molecule has 1 aliphatic rings. The van der Waals surface area contributed by atoms with Crippen molar-refractivity contribution < 1.29 is 9.53 Å². The fraction of sp³-hybridized carbons (Fsp3) is 0.909. The normalized spacial score (nSPS) is 18.3. The smallest absolute Gasteiger partial charge is 0.307 e. The van der Waals surface area contributed by atoms with E-state index in [0.29, 0.717) is 18.4 Å². The zero-order valence-corrected chi connectivity index (χ0v) is 9.38. The first-order chi connectivity index (χ1) is 6.59. The average molecular weight is 199 g/mol. The van der Waals surface area contributed by atoms with Gasteiger partial charge in [-0.15, -0.1) is 0 Å². The minimum Gasteiger partial charge on any atom is -0.462 e. The molecule has 3 nitrogen and oxygen atoms in total. The van der Waals surface area contributed by atoms with Gasteiger partial charge in [0.25, 0.3) is 0 Å². The van der Waals surface area contributed by atoms with Crippen molar-refractivity contribution in [2.24, 2.45) is 5.92 Å². The lowest BCUT2D eigenvalue weighted by atomic mass is 10.1. The van der Waals surface area contributed by atoms with Crippen molar-refractivity contribution in [3.8, 4) is 0 Å². The van der Waals surface area contributed by atoms with E-state index in [-0.39, 0.29) is 12.1 Å². The van der Waals surface area contributed by atoms with Gasteiger partial charge in [-0.2, -0.15) is 0 Å². The van der Waals surface area contributed by atoms with Gasteiger partial charge in [0.1, 0.15) is 6.10 Å². The first-order valence-corrected chi connectivity index (χ1v) is 5.52. The summed E-state index contributed by atoms with van der Waals surface area (Å²) < 4.78 is 5.24. The number of esters is 1. The highest BCUT2D eigenvalue weighted by Crippen LogP contribution is 2.18. The summed E-state index contributed by atoms with van der Waals surface area (Å²) in [7, 11) is 0. The molecule has 0 aliphatic heterocycles. The van der Waals surface area contributed by atoms with Gasteiger partial charge in [-0.1, -0.05) is 13.8 Å². The Labute approximate surface area is 86.2 Å². The summed E-state index contributed by atoms with van der Waals surface area (Å²) in [5.74, 6) is 0.315. The lowest BCUT2D eigenvalue weighted by Crippen LogP contribution is -2.25. The van der Waals surface area contributed by atoms with Crippen molar-refractivity contribution in [1.29, 1.82) is 0 Å². The molecule has 0 radical (unpaired) electrons. The molecule has 0 saturated heterocycles. The maximum absolute atomic E-state index is 11.3. The largest absolute Gasteiger partial charge is 0.462 e. The average Bonchev–Trinajstić information content (AvgIpc) is 2.87. The minimum atomic E-state index is -0.0839. The Balaban J connectivity index is 2.02. The number of ether oxygens (including phenoxy) is 1. The van der Waals surface area contributed by atoms with Crippen LogP contribution >= 0.6 is 0 Å². The second-order valence-corrected chi connectivity index (χ2v) is 4.42. The second kappa shape index (κ2) is 5.35. The van der Waals surface area contributed by atoms with Gasteiger partial charge in [0.2, 0.25) is 0 Å². The predicted molar refractivity (Wildman–Crippen MR) is 56.0 cm³/mol. The zero-order valence-electron chi connectivity index (χ0n) is 9.38. The van der Waals surface area contributed by atoms with Crippen LogP contribution in [-0.4, -0.2) is 24.7 Å². The Bertz CT molecular complexity index is 188. The quantitative estimate of drug-likeness (QED) is 0.662. The second-order valence-electron chi connectivity index (χ2n) is 4.42. The van der Waals surface area contributed by atoms with Crippen LogP contribution < -0.4 is 5.32 Å². The Morgan fingerprint density at radius 1 is 1.43 bits per heavy atom. The van der Waals surface area contributed by atoms with E-state index >= 15 is 0 Å². The van der Waals surface area contributed by atoms with E-state index in [2.05, 4.69) is 19.2 Å². The summed E-state index contributed by atoms with van der Waals surface area (Å²) in [4.78, 5) is 11.3. The van der Waals surface area contributed by atoms with Crippen LogP contribution in [-0.2, 0) is 9.53 Å². The summed E-state index contributed by atoms with van der Waals surface area (Å²) >= 11 is 0. The van der Waals surface area contributed by atoms with Gasteiger partial charge in [0.05, 0.1) is 6.42 Å². The first-order valence-electron chi connectivity index (χ1n) is 5.52. The molecule has 0 amide bonds. The topological polar surface area (TPSA) is 38.3 Å². The molecular weight excluding hydrogens is 178 g/mol. The molecule has 1 fully saturated rings.